The van der Waals surface area contributed by atoms with Crippen molar-refractivity contribution in [2.75, 3.05) is 18.4 Å². The van der Waals surface area contributed by atoms with Crippen molar-refractivity contribution in [3.05, 3.63) is 65.5 Å². The predicted molar refractivity (Wildman–Crippen MR) is 116 cm³/mol. The van der Waals surface area contributed by atoms with E-state index in [0.29, 0.717) is 24.1 Å². The van der Waals surface area contributed by atoms with Gasteiger partial charge in [0.2, 0.25) is 5.95 Å². The van der Waals surface area contributed by atoms with Crippen LogP contribution in [0.2, 0.25) is 5.02 Å². The van der Waals surface area contributed by atoms with Crippen LogP contribution in [0.25, 0.3) is 11.4 Å². The average molecular weight is 441 g/mol. The molecular formula is C22H22ClFN6O. The number of nitrogens with one attached hydrogen (secondary N) is 1. The van der Waals surface area contributed by atoms with Crippen LogP contribution >= 0.6 is 11.6 Å². The first-order chi connectivity index (χ1) is 15.0. The second-order valence-corrected chi connectivity index (χ2v) is 7.96. The molecular weight excluding hydrogens is 419 g/mol. The molecule has 0 spiro atoms. The number of hydrogen-bond donors (Lipinski definition) is 1. The quantitative estimate of drug-likeness (QED) is 0.643. The van der Waals surface area contributed by atoms with E-state index in [1.165, 1.54) is 36.9 Å². The molecule has 0 aliphatic carbocycles. The monoisotopic (exact) mass is 440 g/mol. The van der Waals surface area contributed by atoms with Crippen LogP contribution in [-0.2, 0) is 0 Å². The van der Waals surface area contributed by atoms with Crippen LogP contribution < -0.4 is 5.32 Å². The molecule has 0 radical (unpaired) electrons. The number of hydrogen-bond acceptors (Lipinski definition) is 6. The number of anilines is 1. The van der Waals surface area contributed by atoms with Crippen LogP contribution in [0.4, 0.5) is 10.3 Å². The number of amides is 1. The zero-order chi connectivity index (χ0) is 21.8. The van der Waals surface area contributed by atoms with Gasteiger partial charge in [-0.2, -0.15) is 0 Å². The fourth-order valence-electron chi connectivity index (χ4n) is 3.92. The van der Waals surface area contributed by atoms with Gasteiger partial charge >= 0.3 is 0 Å². The van der Waals surface area contributed by atoms with E-state index in [0.717, 1.165) is 12.8 Å². The van der Waals surface area contributed by atoms with E-state index in [-0.39, 0.29) is 34.8 Å². The van der Waals surface area contributed by atoms with Gasteiger partial charge in [0.25, 0.3) is 5.91 Å². The zero-order valence-corrected chi connectivity index (χ0v) is 17.8. The Kier molecular flexibility index (Phi) is 6.36. The van der Waals surface area contributed by atoms with Crippen molar-refractivity contribution in [3.8, 4) is 11.4 Å². The second-order valence-electron chi connectivity index (χ2n) is 7.53. The van der Waals surface area contributed by atoms with Crippen LogP contribution in [0.1, 0.15) is 30.1 Å². The highest BCUT2D eigenvalue weighted by Gasteiger charge is 2.34. The maximum atomic E-state index is 14.7. The van der Waals surface area contributed by atoms with Gasteiger partial charge in [-0.3, -0.25) is 4.79 Å². The van der Waals surface area contributed by atoms with E-state index in [4.69, 9.17) is 11.6 Å². The van der Waals surface area contributed by atoms with E-state index in [1.807, 2.05) is 0 Å². The molecule has 3 heterocycles. The standard InChI is InChI=1S/C22H22ClFN6O/c1-14-5-3-10-30(18(14)13-29-22-27-11-15(23)12-28-22)21(31)16-6-2-7-17(24)19(16)20-25-8-4-9-26-20/h2,4,6-9,11-12,14,18H,3,5,10,13H2,1H3,(H,27,28,29)/t14-,18?/m1/s1. The molecule has 31 heavy (non-hydrogen) atoms. The molecule has 2 atom stereocenters. The molecule has 1 aliphatic heterocycles. The molecule has 2 aromatic heterocycles. The Morgan fingerprint density at radius 2 is 1.94 bits per heavy atom. The Morgan fingerprint density at radius 3 is 2.68 bits per heavy atom. The van der Waals surface area contributed by atoms with Crippen molar-refractivity contribution in [1.82, 2.24) is 24.8 Å². The molecule has 1 amide bonds. The van der Waals surface area contributed by atoms with Crippen LogP contribution in [0.5, 0.6) is 0 Å². The summed E-state index contributed by atoms with van der Waals surface area (Å²) in [5.74, 6) is 0.128. The van der Waals surface area contributed by atoms with Gasteiger partial charge in [0.05, 0.1) is 34.6 Å². The Hall–Kier alpha value is -3.13. The Morgan fingerprint density at radius 1 is 1.19 bits per heavy atom. The summed E-state index contributed by atoms with van der Waals surface area (Å²) in [5, 5.41) is 3.65. The number of rotatable bonds is 5. The largest absolute Gasteiger partial charge is 0.352 e. The molecule has 1 fully saturated rings. The lowest BCUT2D eigenvalue weighted by molar-refractivity contribution is 0.0540. The van der Waals surface area contributed by atoms with Crippen LogP contribution in [0, 0.1) is 11.7 Å². The van der Waals surface area contributed by atoms with Gasteiger partial charge in [0, 0.05) is 25.5 Å². The average Bonchev–Trinajstić information content (AvgIpc) is 2.79. The number of carbonyl (C=O) groups excluding carboxylic acids is 1. The minimum Gasteiger partial charge on any atom is -0.352 e. The minimum atomic E-state index is -0.522. The van der Waals surface area contributed by atoms with E-state index in [1.54, 1.807) is 17.0 Å². The summed E-state index contributed by atoms with van der Waals surface area (Å²) in [4.78, 5) is 32.0. The molecule has 1 N–H and O–H groups in total. The number of halogens is 2. The zero-order valence-electron chi connectivity index (χ0n) is 17.0. The molecule has 9 heteroatoms. The van der Waals surface area contributed by atoms with Crippen molar-refractivity contribution in [3.63, 3.8) is 0 Å². The fraction of sp³-hybridized carbons (Fsp3) is 0.318. The van der Waals surface area contributed by atoms with Crippen LogP contribution in [0.15, 0.2) is 49.1 Å². The summed E-state index contributed by atoms with van der Waals surface area (Å²) in [6, 6.07) is 6.03. The van der Waals surface area contributed by atoms with Gasteiger partial charge in [-0.15, -0.1) is 0 Å². The van der Waals surface area contributed by atoms with Crippen molar-refractivity contribution in [2.24, 2.45) is 5.92 Å². The van der Waals surface area contributed by atoms with E-state index < -0.39 is 5.82 Å². The van der Waals surface area contributed by atoms with Crippen molar-refractivity contribution >= 4 is 23.5 Å². The van der Waals surface area contributed by atoms with Crippen LogP contribution in [-0.4, -0.2) is 49.9 Å². The Balaban J connectivity index is 1.62. The third kappa shape index (κ3) is 4.64. The molecule has 160 valence electrons. The fourth-order valence-corrected chi connectivity index (χ4v) is 4.02. The van der Waals surface area contributed by atoms with Crippen molar-refractivity contribution in [2.45, 2.75) is 25.8 Å². The highest BCUT2D eigenvalue weighted by molar-refractivity contribution is 6.30. The highest BCUT2D eigenvalue weighted by atomic mass is 35.5. The van der Waals surface area contributed by atoms with Crippen molar-refractivity contribution < 1.29 is 9.18 Å². The van der Waals surface area contributed by atoms with Gasteiger partial charge in [-0.25, -0.2) is 24.3 Å². The summed E-state index contributed by atoms with van der Waals surface area (Å²) in [6.07, 6.45) is 7.98. The number of carbonyl (C=O) groups is 1. The predicted octanol–water partition coefficient (Wildman–Crippen LogP) is 4.08. The maximum absolute atomic E-state index is 14.7. The van der Waals surface area contributed by atoms with E-state index in [2.05, 4.69) is 32.2 Å². The first kappa shape index (κ1) is 21.1. The summed E-state index contributed by atoms with van der Waals surface area (Å²) in [6.45, 7) is 3.17. The van der Waals surface area contributed by atoms with Crippen LogP contribution in [0.3, 0.4) is 0 Å². The third-order valence-corrected chi connectivity index (χ3v) is 5.69. The SMILES string of the molecule is C[C@@H]1CCCN(C(=O)c2cccc(F)c2-c2ncccn2)C1CNc1ncc(Cl)cn1. The van der Waals surface area contributed by atoms with Crippen molar-refractivity contribution in [1.29, 1.82) is 0 Å². The summed E-state index contributed by atoms with van der Waals surface area (Å²) >= 11 is 5.85. The van der Waals surface area contributed by atoms with E-state index in [9.17, 15) is 9.18 Å². The first-order valence-electron chi connectivity index (χ1n) is 10.1. The number of piperidine rings is 1. The Labute approximate surface area is 184 Å². The smallest absolute Gasteiger partial charge is 0.255 e. The second kappa shape index (κ2) is 9.34. The Bertz CT molecular complexity index is 1050. The van der Waals surface area contributed by atoms with Gasteiger partial charge in [0.15, 0.2) is 5.82 Å². The summed E-state index contributed by atoms with van der Waals surface area (Å²) < 4.78 is 14.7. The molecule has 1 saturated heterocycles. The van der Waals surface area contributed by atoms with Gasteiger partial charge < -0.3 is 10.2 Å². The number of benzene rings is 1. The summed E-state index contributed by atoms with van der Waals surface area (Å²) in [5.41, 5.74) is 0.382. The van der Waals surface area contributed by atoms with E-state index >= 15 is 0 Å². The molecule has 4 rings (SSSR count). The van der Waals surface area contributed by atoms with Gasteiger partial charge in [-0.1, -0.05) is 24.6 Å². The molecule has 3 aromatic rings. The normalized spacial score (nSPS) is 18.6. The van der Waals surface area contributed by atoms with Gasteiger partial charge in [0.1, 0.15) is 5.82 Å². The number of aromatic nitrogens is 4. The minimum absolute atomic E-state index is 0.103. The molecule has 1 aliphatic rings. The number of likely N-dealkylation sites (tertiary alicyclic amines) is 1. The lowest BCUT2D eigenvalue weighted by Gasteiger charge is -2.40. The topological polar surface area (TPSA) is 83.9 Å². The van der Waals surface area contributed by atoms with Gasteiger partial charge in [-0.05, 0) is 37.0 Å². The lowest BCUT2D eigenvalue weighted by Crippen LogP contribution is -2.51. The highest BCUT2D eigenvalue weighted by Crippen LogP contribution is 2.29. The molecule has 1 unspecified atom stereocenters. The number of nitrogens with zero attached hydrogens (tertiary/aromatic N) is 5. The molecule has 0 saturated carbocycles. The maximum Gasteiger partial charge on any atom is 0.255 e. The molecule has 7 nitrogen and oxygen atoms in total. The third-order valence-electron chi connectivity index (χ3n) is 5.50. The lowest BCUT2D eigenvalue weighted by atomic mass is 9.89. The summed E-state index contributed by atoms with van der Waals surface area (Å²) in [7, 11) is 0. The molecule has 0 bridgehead atoms. The first-order valence-corrected chi connectivity index (χ1v) is 10.5. The molecule has 1 aromatic carbocycles.